The molecule has 0 spiro atoms. The fourth-order valence-corrected chi connectivity index (χ4v) is 3.38. The lowest BCUT2D eigenvalue weighted by atomic mass is 10.1. The Hall–Kier alpha value is -4.20. The first-order valence-corrected chi connectivity index (χ1v) is 9.92. The van der Waals surface area contributed by atoms with Gasteiger partial charge in [-0.25, -0.2) is 9.07 Å². The van der Waals surface area contributed by atoms with E-state index in [1.54, 1.807) is 38.2 Å². The topological polar surface area (TPSA) is 89.2 Å². The van der Waals surface area contributed by atoms with Crippen molar-refractivity contribution in [1.29, 1.82) is 0 Å². The SMILES string of the molecule is Cc1cccc(-c2nn(-c3ccc(F)cc3)cc2C(=O)NNC(=O)c2cc(C)oc2C)c1. The van der Waals surface area contributed by atoms with Crippen molar-refractivity contribution >= 4 is 11.8 Å². The predicted octanol–water partition coefficient (Wildman–Crippen LogP) is 4.27. The third kappa shape index (κ3) is 4.29. The molecular formula is C24H21FN4O3. The second-order valence-corrected chi connectivity index (χ2v) is 7.42. The molecule has 0 saturated carbocycles. The van der Waals surface area contributed by atoms with Crippen LogP contribution >= 0.6 is 0 Å². The Morgan fingerprint density at radius 3 is 2.25 bits per heavy atom. The highest BCUT2D eigenvalue weighted by molar-refractivity contribution is 6.02. The maximum Gasteiger partial charge on any atom is 0.273 e. The molecule has 0 aliphatic carbocycles. The molecule has 2 aromatic heterocycles. The maximum atomic E-state index is 13.3. The molecule has 7 nitrogen and oxygen atoms in total. The lowest BCUT2D eigenvalue weighted by molar-refractivity contribution is 0.0846. The van der Waals surface area contributed by atoms with Gasteiger partial charge in [0.15, 0.2) is 0 Å². The summed E-state index contributed by atoms with van der Waals surface area (Å²) in [6.45, 7) is 5.35. The van der Waals surface area contributed by atoms with Crippen LogP contribution in [0.15, 0.2) is 65.2 Å². The van der Waals surface area contributed by atoms with Crippen molar-refractivity contribution in [2.24, 2.45) is 0 Å². The van der Waals surface area contributed by atoms with Crippen LogP contribution in [0, 0.1) is 26.6 Å². The molecule has 32 heavy (non-hydrogen) atoms. The van der Waals surface area contributed by atoms with Gasteiger partial charge in [0.25, 0.3) is 11.8 Å². The van der Waals surface area contributed by atoms with Crippen molar-refractivity contribution in [2.45, 2.75) is 20.8 Å². The lowest BCUT2D eigenvalue weighted by Crippen LogP contribution is -2.41. The van der Waals surface area contributed by atoms with Gasteiger partial charge in [0.05, 0.1) is 16.8 Å². The minimum atomic E-state index is -0.541. The van der Waals surface area contributed by atoms with Crippen molar-refractivity contribution in [2.75, 3.05) is 0 Å². The zero-order valence-electron chi connectivity index (χ0n) is 17.8. The number of furan rings is 1. The van der Waals surface area contributed by atoms with Gasteiger partial charge in [-0.1, -0.05) is 23.8 Å². The van der Waals surface area contributed by atoms with Gasteiger partial charge >= 0.3 is 0 Å². The summed E-state index contributed by atoms with van der Waals surface area (Å²) in [4.78, 5) is 25.4. The molecule has 0 aliphatic heterocycles. The number of benzene rings is 2. The van der Waals surface area contributed by atoms with E-state index in [-0.39, 0.29) is 11.4 Å². The fraction of sp³-hybridized carbons (Fsp3) is 0.125. The average Bonchev–Trinajstić information content (AvgIpc) is 3.35. The van der Waals surface area contributed by atoms with Gasteiger partial charge in [-0.2, -0.15) is 5.10 Å². The summed E-state index contributed by atoms with van der Waals surface area (Å²) < 4.78 is 20.2. The van der Waals surface area contributed by atoms with Gasteiger partial charge in [0, 0.05) is 11.8 Å². The molecule has 0 saturated heterocycles. The number of carbonyl (C=O) groups is 2. The van der Waals surface area contributed by atoms with E-state index in [2.05, 4.69) is 16.0 Å². The number of rotatable bonds is 4. The van der Waals surface area contributed by atoms with Crippen molar-refractivity contribution in [3.63, 3.8) is 0 Å². The molecule has 0 bridgehead atoms. The summed E-state index contributed by atoms with van der Waals surface area (Å²) in [6.07, 6.45) is 1.54. The van der Waals surface area contributed by atoms with Crippen molar-refractivity contribution in [1.82, 2.24) is 20.6 Å². The van der Waals surface area contributed by atoms with Gasteiger partial charge in [-0.3, -0.25) is 20.4 Å². The smallest absolute Gasteiger partial charge is 0.273 e. The number of nitrogens with zero attached hydrogens (tertiary/aromatic N) is 2. The van der Waals surface area contributed by atoms with Crippen LogP contribution in [0.2, 0.25) is 0 Å². The van der Waals surface area contributed by atoms with Crippen molar-refractivity contribution in [3.05, 3.63) is 94.8 Å². The van der Waals surface area contributed by atoms with Crippen LogP contribution in [-0.2, 0) is 0 Å². The first kappa shape index (κ1) is 21.0. The Morgan fingerprint density at radius 1 is 0.938 bits per heavy atom. The van der Waals surface area contributed by atoms with Crippen LogP contribution in [0.3, 0.4) is 0 Å². The van der Waals surface area contributed by atoms with Gasteiger partial charge in [-0.15, -0.1) is 0 Å². The standard InChI is InChI=1S/C24H21FN4O3/c1-14-5-4-6-17(11-14)22-21(13-29(28-22)19-9-7-18(25)8-10-19)24(31)27-26-23(30)20-12-15(2)32-16(20)3/h4-13H,1-3H3,(H,26,30)(H,27,31). The highest BCUT2D eigenvalue weighted by Gasteiger charge is 2.20. The van der Waals surface area contributed by atoms with Crippen LogP contribution in [0.4, 0.5) is 4.39 Å². The first-order valence-electron chi connectivity index (χ1n) is 9.92. The van der Waals surface area contributed by atoms with Gasteiger partial charge < -0.3 is 4.42 Å². The van der Waals surface area contributed by atoms with E-state index in [4.69, 9.17) is 4.42 Å². The number of carbonyl (C=O) groups excluding carboxylic acids is 2. The number of nitrogens with one attached hydrogen (secondary N) is 2. The summed E-state index contributed by atoms with van der Waals surface area (Å²) in [5.41, 5.74) is 8.20. The monoisotopic (exact) mass is 432 g/mol. The molecule has 4 aromatic rings. The Labute approximate surface area is 183 Å². The number of amides is 2. The molecule has 2 amide bonds. The quantitative estimate of drug-likeness (QED) is 0.471. The van der Waals surface area contributed by atoms with Crippen LogP contribution in [-0.4, -0.2) is 21.6 Å². The van der Waals surface area contributed by atoms with E-state index in [1.165, 1.54) is 16.8 Å². The predicted molar refractivity (Wildman–Crippen MR) is 117 cm³/mol. The van der Waals surface area contributed by atoms with E-state index in [0.717, 1.165) is 11.1 Å². The largest absolute Gasteiger partial charge is 0.466 e. The fourth-order valence-electron chi connectivity index (χ4n) is 3.38. The Balaban J connectivity index is 1.65. The highest BCUT2D eigenvalue weighted by Crippen LogP contribution is 2.25. The van der Waals surface area contributed by atoms with E-state index in [9.17, 15) is 14.0 Å². The molecule has 0 unspecified atom stereocenters. The van der Waals surface area contributed by atoms with Gasteiger partial charge in [0.1, 0.15) is 23.0 Å². The third-order valence-corrected chi connectivity index (χ3v) is 4.92. The minimum absolute atomic E-state index is 0.250. The maximum absolute atomic E-state index is 13.3. The van der Waals surface area contributed by atoms with E-state index in [0.29, 0.717) is 28.5 Å². The molecule has 8 heteroatoms. The molecule has 0 radical (unpaired) electrons. The number of hydrogen-bond donors (Lipinski definition) is 2. The average molecular weight is 432 g/mol. The molecule has 0 atom stereocenters. The van der Waals surface area contributed by atoms with Crippen LogP contribution < -0.4 is 10.9 Å². The highest BCUT2D eigenvalue weighted by atomic mass is 19.1. The number of hydrazine groups is 1. The first-order chi connectivity index (χ1) is 15.3. The number of aryl methyl sites for hydroxylation is 3. The van der Waals surface area contributed by atoms with Crippen molar-refractivity contribution < 1.29 is 18.4 Å². The molecular weight excluding hydrogens is 411 g/mol. The van der Waals surface area contributed by atoms with Crippen molar-refractivity contribution in [3.8, 4) is 16.9 Å². The van der Waals surface area contributed by atoms with E-state index >= 15 is 0 Å². The van der Waals surface area contributed by atoms with Gasteiger partial charge in [0.2, 0.25) is 0 Å². The summed E-state index contributed by atoms with van der Waals surface area (Å²) in [5.74, 6) is -0.345. The van der Waals surface area contributed by atoms with Crippen LogP contribution in [0.5, 0.6) is 0 Å². The minimum Gasteiger partial charge on any atom is -0.466 e. The third-order valence-electron chi connectivity index (χ3n) is 4.92. The number of hydrogen-bond acceptors (Lipinski definition) is 4. The summed E-state index contributed by atoms with van der Waals surface area (Å²) in [6, 6.07) is 14.9. The second kappa shape index (κ2) is 8.50. The normalized spacial score (nSPS) is 10.8. The number of aromatic nitrogens is 2. The molecule has 162 valence electrons. The molecule has 2 N–H and O–H groups in total. The molecule has 4 rings (SSSR count). The summed E-state index contributed by atoms with van der Waals surface area (Å²) in [7, 11) is 0. The Kier molecular flexibility index (Phi) is 5.59. The van der Waals surface area contributed by atoms with Crippen LogP contribution in [0.1, 0.15) is 37.8 Å². The van der Waals surface area contributed by atoms with E-state index < -0.39 is 11.8 Å². The summed E-state index contributed by atoms with van der Waals surface area (Å²) >= 11 is 0. The lowest BCUT2D eigenvalue weighted by Gasteiger charge is -2.07. The molecule has 0 fully saturated rings. The zero-order chi connectivity index (χ0) is 22.8. The van der Waals surface area contributed by atoms with E-state index in [1.807, 2.05) is 31.2 Å². The zero-order valence-corrected chi connectivity index (χ0v) is 17.8. The Morgan fingerprint density at radius 2 is 1.62 bits per heavy atom. The molecule has 0 aliphatic rings. The molecule has 2 heterocycles. The summed E-state index contributed by atoms with van der Waals surface area (Å²) in [5, 5.41) is 4.55. The van der Waals surface area contributed by atoms with Crippen LogP contribution in [0.25, 0.3) is 16.9 Å². The molecule has 2 aromatic carbocycles. The second-order valence-electron chi connectivity index (χ2n) is 7.42. The Bertz CT molecular complexity index is 1310. The van der Waals surface area contributed by atoms with Gasteiger partial charge in [-0.05, 0) is 57.2 Å². The number of halogens is 1.